The number of aryl methyl sites for hydroxylation is 1. The van der Waals surface area contributed by atoms with Gasteiger partial charge in [-0.25, -0.2) is 8.42 Å². The molecule has 24 heavy (non-hydrogen) atoms. The Labute approximate surface area is 142 Å². The summed E-state index contributed by atoms with van der Waals surface area (Å²) in [5.41, 5.74) is 1.96. The lowest BCUT2D eigenvalue weighted by Gasteiger charge is -2.29. The minimum atomic E-state index is -3.60. The van der Waals surface area contributed by atoms with Gasteiger partial charge in [0.1, 0.15) is 11.8 Å². The fourth-order valence-electron chi connectivity index (χ4n) is 3.64. The number of benzene rings is 1. The van der Waals surface area contributed by atoms with Crippen LogP contribution < -0.4 is 0 Å². The quantitative estimate of drug-likeness (QED) is 0.794. The summed E-state index contributed by atoms with van der Waals surface area (Å²) in [5, 5.41) is 0. The first kappa shape index (κ1) is 15.7. The molecule has 0 unspecified atom stereocenters. The van der Waals surface area contributed by atoms with E-state index in [1.165, 1.54) is 0 Å². The summed E-state index contributed by atoms with van der Waals surface area (Å²) in [6, 6.07) is 10.3. The van der Waals surface area contributed by atoms with Crippen LogP contribution in [0.3, 0.4) is 0 Å². The molecule has 4 rings (SSSR count). The first-order valence-corrected chi connectivity index (χ1v) is 9.70. The standard InChI is InChI=1S/C19H21NO3S/c1-13-5-7-17(8-6-13)24(21,22)20-12-16-11-15(16)10-14(2)19(20)18-4-3-9-23-18/h3-9,15-16,19H,2,10-12H2,1H3/t15-,16-,19+/m1/s1. The Balaban J connectivity index is 1.79. The summed E-state index contributed by atoms with van der Waals surface area (Å²) >= 11 is 0. The number of sulfonamides is 1. The van der Waals surface area contributed by atoms with E-state index >= 15 is 0 Å². The molecule has 1 aliphatic carbocycles. The SMILES string of the molecule is C=C1C[C@@H]2C[C@@H]2CN(S(=O)(=O)c2ccc(C)cc2)[C@@H]1c1ccco1. The van der Waals surface area contributed by atoms with E-state index in [0.29, 0.717) is 29.0 Å². The van der Waals surface area contributed by atoms with Crippen molar-refractivity contribution in [2.75, 3.05) is 6.54 Å². The van der Waals surface area contributed by atoms with Crippen LogP contribution >= 0.6 is 0 Å². The van der Waals surface area contributed by atoms with Crippen LogP contribution in [0.25, 0.3) is 0 Å². The van der Waals surface area contributed by atoms with Crippen LogP contribution in [0.2, 0.25) is 0 Å². The molecule has 3 atom stereocenters. The molecular weight excluding hydrogens is 322 g/mol. The average molecular weight is 343 g/mol. The maximum absolute atomic E-state index is 13.3. The second-order valence-electron chi connectivity index (χ2n) is 6.92. The third-order valence-electron chi connectivity index (χ3n) is 5.12. The number of hydrogen-bond donors (Lipinski definition) is 0. The van der Waals surface area contributed by atoms with E-state index < -0.39 is 16.1 Å². The molecule has 2 fully saturated rings. The normalized spacial score (nSPS) is 27.5. The van der Waals surface area contributed by atoms with Crippen LogP contribution in [0.4, 0.5) is 0 Å². The lowest BCUT2D eigenvalue weighted by molar-refractivity contribution is 0.310. The predicted octanol–water partition coefficient (Wildman–Crippen LogP) is 3.92. The number of nitrogens with zero attached hydrogens (tertiary/aromatic N) is 1. The molecule has 1 aliphatic heterocycles. The molecule has 2 aliphatic rings. The molecule has 0 radical (unpaired) electrons. The van der Waals surface area contributed by atoms with Gasteiger partial charge in [-0.2, -0.15) is 4.31 Å². The molecule has 2 aromatic rings. The minimum absolute atomic E-state index is 0.330. The third kappa shape index (κ3) is 2.62. The molecule has 1 saturated carbocycles. The van der Waals surface area contributed by atoms with Crippen molar-refractivity contribution in [1.29, 1.82) is 0 Å². The molecule has 0 amide bonds. The van der Waals surface area contributed by atoms with Gasteiger partial charge in [0.05, 0.1) is 11.2 Å². The van der Waals surface area contributed by atoms with Crippen molar-refractivity contribution in [2.24, 2.45) is 11.8 Å². The van der Waals surface area contributed by atoms with Gasteiger partial charge < -0.3 is 4.42 Å². The number of rotatable bonds is 3. The fourth-order valence-corrected chi connectivity index (χ4v) is 5.31. The Bertz CT molecular complexity index is 853. The predicted molar refractivity (Wildman–Crippen MR) is 91.9 cm³/mol. The lowest BCUT2D eigenvalue weighted by Crippen LogP contribution is -2.36. The molecule has 5 heteroatoms. The zero-order valence-corrected chi connectivity index (χ0v) is 14.5. The topological polar surface area (TPSA) is 50.5 Å². The molecule has 0 bridgehead atoms. The van der Waals surface area contributed by atoms with E-state index in [4.69, 9.17) is 4.42 Å². The maximum atomic E-state index is 13.3. The van der Waals surface area contributed by atoms with Crippen molar-refractivity contribution in [2.45, 2.75) is 30.7 Å². The average Bonchev–Trinajstić information content (AvgIpc) is 3.06. The van der Waals surface area contributed by atoms with Crippen molar-refractivity contribution in [3.05, 3.63) is 66.1 Å². The van der Waals surface area contributed by atoms with Gasteiger partial charge in [-0.15, -0.1) is 0 Å². The van der Waals surface area contributed by atoms with Crippen LogP contribution in [-0.2, 0) is 10.0 Å². The molecule has 2 heterocycles. The molecule has 0 spiro atoms. The highest BCUT2D eigenvalue weighted by atomic mass is 32.2. The van der Waals surface area contributed by atoms with Crippen molar-refractivity contribution < 1.29 is 12.8 Å². The van der Waals surface area contributed by atoms with Crippen molar-refractivity contribution in [3.63, 3.8) is 0 Å². The lowest BCUT2D eigenvalue weighted by atomic mass is 10.0. The minimum Gasteiger partial charge on any atom is -0.467 e. The van der Waals surface area contributed by atoms with Crippen LogP contribution in [-0.4, -0.2) is 19.3 Å². The van der Waals surface area contributed by atoms with Gasteiger partial charge in [0.2, 0.25) is 10.0 Å². The molecule has 0 N–H and O–H groups in total. The smallest absolute Gasteiger partial charge is 0.244 e. The molecular formula is C19H21NO3S. The number of hydrogen-bond acceptors (Lipinski definition) is 3. The van der Waals surface area contributed by atoms with E-state index in [0.717, 1.165) is 24.0 Å². The monoisotopic (exact) mass is 343 g/mol. The Kier molecular flexibility index (Phi) is 3.66. The zero-order chi connectivity index (χ0) is 16.9. The number of furan rings is 1. The van der Waals surface area contributed by atoms with Gasteiger partial charge in [0, 0.05) is 6.54 Å². The molecule has 1 aromatic carbocycles. The summed E-state index contributed by atoms with van der Waals surface area (Å²) in [6.07, 6.45) is 3.55. The largest absolute Gasteiger partial charge is 0.467 e. The van der Waals surface area contributed by atoms with Crippen LogP contribution in [0.5, 0.6) is 0 Å². The second-order valence-corrected chi connectivity index (χ2v) is 8.81. The fraction of sp³-hybridized carbons (Fsp3) is 0.368. The highest BCUT2D eigenvalue weighted by Crippen LogP contribution is 2.51. The van der Waals surface area contributed by atoms with Gasteiger partial charge in [-0.1, -0.05) is 29.8 Å². The molecule has 1 saturated heterocycles. The maximum Gasteiger partial charge on any atom is 0.244 e. The van der Waals surface area contributed by atoms with E-state index in [9.17, 15) is 8.42 Å². The van der Waals surface area contributed by atoms with E-state index in [-0.39, 0.29) is 0 Å². The van der Waals surface area contributed by atoms with E-state index in [1.807, 2.05) is 25.1 Å². The van der Waals surface area contributed by atoms with Gasteiger partial charge in [0.25, 0.3) is 0 Å². The first-order valence-electron chi connectivity index (χ1n) is 8.26. The van der Waals surface area contributed by atoms with Crippen molar-refractivity contribution >= 4 is 10.0 Å². The molecule has 126 valence electrons. The summed E-state index contributed by atoms with van der Waals surface area (Å²) in [7, 11) is -3.60. The van der Waals surface area contributed by atoms with Gasteiger partial charge in [-0.3, -0.25) is 0 Å². The van der Waals surface area contributed by atoms with E-state index in [2.05, 4.69) is 6.58 Å². The van der Waals surface area contributed by atoms with E-state index in [1.54, 1.807) is 28.8 Å². The summed E-state index contributed by atoms with van der Waals surface area (Å²) in [4.78, 5) is 0.330. The molecule has 1 aromatic heterocycles. The Hall–Kier alpha value is -1.85. The summed E-state index contributed by atoms with van der Waals surface area (Å²) < 4.78 is 33.8. The van der Waals surface area contributed by atoms with Gasteiger partial charge in [-0.05, 0) is 55.9 Å². The molecule has 4 nitrogen and oxygen atoms in total. The highest BCUT2D eigenvalue weighted by Gasteiger charge is 2.48. The first-order chi connectivity index (χ1) is 11.5. The zero-order valence-electron chi connectivity index (χ0n) is 13.7. The van der Waals surface area contributed by atoms with Crippen LogP contribution in [0.1, 0.15) is 30.2 Å². The third-order valence-corrected chi connectivity index (χ3v) is 6.97. The summed E-state index contributed by atoms with van der Waals surface area (Å²) in [5.74, 6) is 1.65. The van der Waals surface area contributed by atoms with Crippen LogP contribution in [0.15, 0.2) is 64.1 Å². The van der Waals surface area contributed by atoms with Crippen molar-refractivity contribution in [1.82, 2.24) is 4.31 Å². The number of fused-ring (bicyclic) bond motifs is 1. The second kappa shape index (κ2) is 5.60. The Morgan fingerprint density at radius 3 is 2.58 bits per heavy atom. The van der Waals surface area contributed by atoms with Crippen LogP contribution in [0, 0.1) is 18.8 Å². The van der Waals surface area contributed by atoms with Gasteiger partial charge in [0.15, 0.2) is 0 Å². The summed E-state index contributed by atoms with van der Waals surface area (Å²) in [6.45, 7) is 6.68. The Morgan fingerprint density at radius 1 is 1.17 bits per heavy atom. The Morgan fingerprint density at radius 2 is 1.92 bits per heavy atom. The van der Waals surface area contributed by atoms with Gasteiger partial charge >= 0.3 is 0 Å². The van der Waals surface area contributed by atoms with Crippen molar-refractivity contribution in [3.8, 4) is 0 Å². The highest BCUT2D eigenvalue weighted by molar-refractivity contribution is 7.89.